The van der Waals surface area contributed by atoms with Gasteiger partial charge in [0.2, 0.25) is 5.91 Å². The maximum atomic E-state index is 12.2. The molecule has 4 unspecified atom stereocenters. The third-order valence-corrected chi connectivity index (χ3v) is 5.31. The lowest BCUT2D eigenvalue weighted by Crippen LogP contribution is -2.42. The number of aromatic nitrogens is 4. The van der Waals surface area contributed by atoms with Crippen molar-refractivity contribution < 1.29 is 19.2 Å². The number of nitrogens with zero attached hydrogens (tertiary/aromatic N) is 3. The summed E-state index contributed by atoms with van der Waals surface area (Å²) < 4.78 is 17.6. The standard InChI is InChI=1S/C18H24N7O5P/c19-12(4-11-6-21-9-23-11)17(27)22-3-1-2-10-7-25(18(28)24-16(10)20)15-5-13(26)14(30-15)8-31-29/h1-2,6-7,9,12-15,26H,3-5,8,19H2,(H,21,23)(H,22,27)(H2,20,24,28). The van der Waals surface area contributed by atoms with Crippen molar-refractivity contribution in [1.82, 2.24) is 24.8 Å². The van der Waals surface area contributed by atoms with Crippen LogP contribution in [0.1, 0.15) is 23.9 Å². The van der Waals surface area contributed by atoms with Crippen LogP contribution in [0.15, 0.2) is 29.6 Å². The number of nitrogen functional groups attached to an aromatic ring is 1. The van der Waals surface area contributed by atoms with Crippen molar-refractivity contribution >= 4 is 26.3 Å². The second kappa shape index (κ2) is 10.4. The molecule has 1 fully saturated rings. The van der Waals surface area contributed by atoms with Crippen LogP contribution in [-0.2, 0) is 20.5 Å². The molecule has 166 valence electrons. The largest absolute Gasteiger partial charge is 0.390 e. The molecule has 1 amide bonds. The van der Waals surface area contributed by atoms with E-state index in [0.29, 0.717) is 12.0 Å². The van der Waals surface area contributed by atoms with E-state index >= 15 is 0 Å². The molecule has 2 aromatic heterocycles. The number of nitrogens with two attached hydrogens (primary N) is 2. The van der Waals surface area contributed by atoms with E-state index in [1.807, 2.05) is 0 Å². The number of carbonyl (C=O) groups is 1. The van der Waals surface area contributed by atoms with Gasteiger partial charge >= 0.3 is 5.69 Å². The zero-order chi connectivity index (χ0) is 22.4. The van der Waals surface area contributed by atoms with E-state index in [2.05, 4.69) is 20.3 Å². The Bertz CT molecular complexity index is 994. The van der Waals surface area contributed by atoms with Crippen molar-refractivity contribution in [1.29, 1.82) is 0 Å². The Hall–Kier alpha value is -2.92. The third-order valence-electron chi connectivity index (χ3n) is 4.80. The Kier molecular flexibility index (Phi) is 7.64. The molecule has 4 atom stereocenters. The molecule has 12 nitrogen and oxygen atoms in total. The van der Waals surface area contributed by atoms with Crippen molar-refractivity contribution in [2.75, 3.05) is 18.4 Å². The fourth-order valence-corrected chi connectivity index (χ4v) is 3.63. The second-order valence-corrected chi connectivity index (χ2v) is 7.67. The zero-order valence-electron chi connectivity index (χ0n) is 16.5. The van der Waals surface area contributed by atoms with Gasteiger partial charge in [-0.3, -0.25) is 13.9 Å². The molecule has 2 aromatic rings. The minimum Gasteiger partial charge on any atom is -0.390 e. The van der Waals surface area contributed by atoms with Crippen molar-refractivity contribution in [3.63, 3.8) is 0 Å². The number of ether oxygens (including phenoxy) is 1. The molecule has 3 rings (SSSR count). The molecule has 31 heavy (non-hydrogen) atoms. The summed E-state index contributed by atoms with van der Waals surface area (Å²) in [7, 11) is -0.150. The molecule has 0 saturated carbocycles. The quantitative estimate of drug-likeness (QED) is 0.305. The summed E-state index contributed by atoms with van der Waals surface area (Å²) in [4.78, 5) is 34.9. The summed E-state index contributed by atoms with van der Waals surface area (Å²) in [5, 5.41) is 12.7. The van der Waals surface area contributed by atoms with Gasteiger partial charge in [-0.15, -0.1) is 0 Å². The molecule has 0 aliphatic carbocycles. The first-order valence-corrected chi connectivity index (χ1v) is 10.6. The second-order valence-electron chi connectivity index (χ2n) is 7.05. The monoisotopic (exact) mass is 449 g/mol. The van der Waals surface area contributed by atoms with Crippen LogP contribution in [0.3, 0.4) is 0 Å². The van der Waals surface area contributed by atoms with Crippen LogP contribution in [-0.4, -0.2) is 61.5 Å². The first-order valence-electron chi connectivity index (χ1n) is 9.57. The van der Waals surface area contributed by atoms with Crippen molar-refractivity contribution in [3.05, 3.63) is 46.5 Å². The summed E-state index contributed by atoms with van der Waals surface area (Å²) in [6, 6.07) is -0.727. The summed E-state index contributed by atoms with van der Waals surface area (Å²) in [5.41, 5.74) is 12.3. The summed E-state index contributed by atoms with van der Waals surface area (Å²) in [5.74, 6) is -0.305. The van der Waals surface area contributed by atoms with Crippen LogP contribution in [0.5, 0.6) is 0 Å². The van der Waals surface area contributed by atoms with Crippen LogP contribution in [0.2, 0.25) is 0 Å². The number of imidazole rings is 1. The lowest BCUT2D eigenvalue weighted by atomic mass is 10.1. The predicted octanol–water partition coefficient (Wildman–Crippen LogP) is -0.812. The first-order chi connectivity index (χ1) is 14.9. The molecule has 0 radical (unpaired) electrons. The van der Waals surface area contributed by atoms with Crippen molar-refractivity contribution in [2.24, 2.45) is 5.73 Å². The molecule has 0 spiro atoms. The van der Waals surface area contributed by atoms with E-state index < -0.39 is 30.2 Å². The van der Waals surface area contributed by atoms with Crippen molar-refractivity contribution in [3.8, 4) is 0 Å². The molecule has 3 heterocycles. The minimum atomic E-state index is -0.837. The number of amides is 1. The predicted molar refractivity (Wildman–Crippen MR) is 112 cm³/mol. The molecular weight excluding hydrogens is 425 g/mol. The topological polar surface area (TPSA) is 191 Å². The lowest BCUT2D eigenvalue weighted by molar-refractivity contribution is -0.122. The highest BCUT2D eigenvalue weighted by molar-refractivity contribution is 7.23. The summed E-state index contributed by atoms with van der Waals surface area (Å²) in [6.07, 6.45) is 6.26. The number of H-pyrrole nitrogens is 1. The van der Waals surface area contributed by atoms with Gasteiger partial charge in [0.05, 0.1) is 30.7 Å². The van der Waals surface area contributed by atoms with E-state index in [0.717, 1.165) is 5.69 Å². The average molecular weight is 449 g/mol. The van der Waals surface area contributed by atoms with Gasteiger partial charge in [-0.2, -0.15) is 4.98 Å². The molecule has 0 aromatic carbocycles. The van der Waals surface area contributed by atoms with Gasteiger partial charge in [-0.05, 0) is 0 Å². The van der Waals surface area contributed by atoms with E-state index in [-0.39, 0.29) is 39.3 Å². The van der Waals surface area contributed by atoms with Gasteiger partial charge in [-0.1, -0.05) is 12.2 Å². The number of carbonyl (C=O) groups excluding carboxylic acids is 1. The minimum absolute atomic E-state index is 0.0212. The molecule has 1 aliphatic heterocycles. The zero-order valence-corrected chi connectivity index (χ0v) is 17.4. The highest BCUT2D eigenvalue weighted by atomic mass is 31.1. The molecule has 13 heteroatoms. The number of aliphatic hydroxyl groups excluding tert-OH is 1. The van der Waals surface area contributed by atoms with Gasteiger partial charge in [0.25, 0.3) is 0 Å². The van der Waals surface area contributed by atoms with E-state index in [1.165, 1.54) is 17.1 Å². The Balaban J connectivity index is 1.60. The summed E-state index contributed by atoms with van der Waals surface area (Å²) >= 11 is 0. The maximum Gasteiger partial charge on any atom is 0.351 e. The highest BCUT2D eigenvalue weighted by Gasteiger charge is 2.35. The smallest absolute Gasteiger partial charge is 0.351 e. The maximum absolute atomic E-state index is 12.2. The number of hydrogen-bond acceptors (Lipinski definition) is 9. The van der Waals surface area contributed by atoms with E-state index in [9.17, 15) is 19.3 Å². The van der Waals surface area contributed by atoms with Gasteiger partial charge < -0.3 is 31.6 Å². The van der Waals surface area contributed by atoms with Crippen molar-refractivity contribution in [2.45, 2.75) is 37.3 Å². The molecule has 1 saturated heterocycles. The number of rotatable bonds is 9. The number of nitrogens with one attached hydrogen (secondary N) is 2. The number of aliphatic hydroxyl groups is 1. The van der Waals surface area contributed by atoms with Gasteiger partial charge in [-0.25, -0.2) is 9.78 Å². The van der Waals surface area contributed by atoms with Gasteiger partial charge in [0, 0.05) is 43.0 Å². The normalized spacial score (nSPS) is 22.2. The Morgan fingerprint density at radius 1 is 1.55 bits per heavy atom. The van der Waals surface area contributed by atoms with Crippen LogP contribution in [0.4, 0.5) is 5.82 Å². The average Bonchev–Trinajstić information content (AvgIpc) is 3.36. The first kappa shape index (κ1) is 22.8. The van der Waals surface area contributed by atoms with E-state index in [4.69, 9.17) is 16.2 Å². The fourth-order valence-electron chi connectivity index (χ4n) is 3.16. The van der Waals surface area contributed by atoms with Crippen LogP contribution in [0.25, 0.3) is 6.08 Å². The molecule has 7 N–H and O–H groups in total. The van der Waals surface area contributed by atoms with E-state index in [1.54, 1.807) is 18.3 Å². The Morgan fingerprint density at radius 2 is 2.35 bits per heavy atom. The lowest BCUT2D eigenvalue weighted by Gasteiger charge is -2.15. The highest BCUT2D eigenvalue weighted by Crippen LogP contribution is 2.29. The molecular formula is C18H24N7O5P. The number of aromatic amines is 1. The van der Waals surface area contributed by atoms with Crippen LogP contribution >= 0.6 is 8.46 Å². The van der Waals surface area contributed by atoms with Gasteiger partial charge in [0.1, 0.15) is 12.0 Å². The Morgan fingerprint density at radius 3 is 3.06 bits per heavy atom. The number of hydrogen-bond donors (Lipinski definition) is 5. The molecule has 1 aliphatic rings. The van der Waals surface area contributed by atoms with Crippen LogP contribution in [0, 0.1) is 0 Å². The Labute approximate surface area is 178 Å². The van der Waals surface area contributed by atoms with Gasteiger partial charge in [0.15, 0.2) is 8.46 Å². The number of anilines is 1. The van der Waals surface area contributed by atoms with Crippen LogP contribution < -0.4 is 22.5 Å². The summed E-state index contributed by atoms with van der Waals surface area (Å²) in [6.45, 7) is 0.192. The molecule has 0 bridgehead atoms. The SMILES string of the molecule is Nc1nc(=O)n(C2CC(O)C(CP=O)O2)cc1C=CCNC(=O)C(N)Cc1cnc[nH]1. The fraction of sp³-hybridized carbons (Fsp3) is 0.444. The third kappa shape index (κ3) is 5.82.